The van der Waals surface area contributed by atoms with E-state index in [0.717, 1.165) is 0 Å². The smallest absolute Gasteiger partial charge is 0.237 e. The van der Waals surface area contributed by atoms with Gasteiger partial charge in [-0.15, -0.1) is 0 Å². The third kappa shape index (κ3) is 0.690. The molecular weight excluding hydrogens is 136 g/mol. The second-order valence-electron chi connectivity index (χ2n) is 1.87. The first-order chi connectivity index (χ1) is 4.72. The molecule has 1 N–H and O–H groups in total. The summed E-state index contributed by atoms with van der Waals surface area (Å²) in [6.07, 6.45) is -1.11. The van der Waals surface area contributed by atoms with Gasteiger partial charge in [0, 0.05) is 0 Å². The summed E-state index contributed by atoms with van der Waals surface area (Å²) >= 11 is 0. The molecule has 1 atom stereocenters. The highest BCUT2D eigenvalue weighted by atomic mass is 16.5. The largest absolute Gasteiger partial charge is 0.494 e. The Morgan fingerprint density at radius 3 is 2.30 bits per heavy atom. The predicted octanol–water partition coefficient (Wildman–Crippen LogP) is -0.566. The Kier molecular flexibility index (Phi) is 1.63. The summed E-state index contributed by atoms with van der Waals surface area (Å²) in [5, 5.41) is 8.87. The van der Waals surface area contributed by atoms with Crippen LogP contribution in [0.3, 0.4) is 0 Å². The summed E-state index contributed by atoms with van der Waals surface area (Å²) in [7, 11) is 2.74. The van der Waals surface area contributed by atoms with E-state index in [1.165, 1.54) is 14.2 Å². The highest BCUT2D eigenvalue weighted by molar-refractivity contribution is 6.06. The molecule has 0 saturated heterocycles. The minimum Gasteiger partial charge on any atom is -0.494 e. The number of ketones is 1. The fourth-order valence-electron chi connectivity index (χ4n) is 0.817. The number of Topliss-reactive ketones (excluding diaryl/α,β-unsaturated/α-hetero) is 1. The van der Waals surface area contributed by atoms with Gasteiger partial charge in [-0.25, -0.2) is 0 Å². The summed E-state index contributed by atoms with van der Waals surface area (Å²) in [6.45, 7) is 0. The van der Waals surface area contributed by atoms with E-state index in [1.54, 1.807) is 0 Å². The molecule has 1 aliphatic carbocycles. The quantitative estimate of drug-likeness (QED) is 0.564. The Hall–Kier alpha value is -1.03. The molecule has 1 rings (SSSR count). The molecule has 0 aromatic rings. The second-order valence-corrected chi connectivity index (χ2v) is 1.87. The zero-order chi connectivity index (χ0) is 7.72. The first-order valence-electron chi connectivity index (χ1n) is 2.76. The zero-order valence-electron chi connectivity index (χ0n) is 5.75. The minimum atomic E-state index is -1.11. The van der Waals surface area contributed by atoms with Crippen LogP contribution in [-0.2, 0) is 14.3 Å². The summed E-state index contributed by atoms with van der Waals surface area (Å²) in [4.78, 5) is 10.6. The summed E-state index contributed by atoms with van der Waals surface area (Å²) in [6, 6.07) is 0. The molecule has 4 heteroatoms. The molecule has 4 nitrogen and oxygen atoms in total. The summed E-state index contributed by atoms with van der Waals surface area (Å²) in [5.41, 5.74) is 0. The Bertz CT molecular complexity index is 194. The third-order valence-electron chi connectivity index (χ3n) is 1.37. The average Bonchev–Trinajstić information content (AvgIpc) is 1.97. The van der Waals surface area contributed by atoms with Crippen molar-refractivity contribution in [3.8, 4) is 0 Å². The van der Waals surface area contributed by atoms with Crippen molar-refractivity contribution in [2.45, 2.75) is 6.10 Å². The summed E-state index contributed by atoms with van der Waals surface area (Å²) in [5.74, 6) is -0.0816. The van der Waals surface area contributed by atoms with E-state index in [4.69, 9.17) is 5.11 Å². The fourth-order valence-corrected chi connectivity index (χ4v) is 0.817. The number of aliphatic hydroxyl groups is 1. The van der Waals surface area contributed by atoms with Gasteiger partial charge in [-0.1, -0.05) is 0 Å². The van der Waals surface area contributed by atoms with Crippen LogP contribution in [0, 0.1) is 0 Å². The standard InChI is InChI=1S/C6H8O4/c1-9-5-3(7)4(8)6(5)10-2/h3,7H,1-2H3. The molecule has 1 aliphatic rings. The van der Waals surface area contributed by atoms with E-state index in [-0.39, 0.29) is 11.5 Å². The molecular formula is C6H8O4. The lowest BCUT2D eigenvalue weighted by Crippen LogP contribution is -2.37. The van der Waals surface area contributed by atoms with Crippen LogP contribution in [0.5, 0.6) is 0 Å². The van der Waals surface area contributed by atoms with Gasteiger partial charge in [-0.2, -0.15) is 0 Å². The molecule has 0 aromatic carbocycles. The zero-order valence-corrected chi connectivity index (χ0v) is 5.75. The van der Waals surface area contributed by atoms with Gasteiger partial charge in [0.05, 0.1) is 14.2 Å². The Balaban J connectivity index is 2.83. The SMILES string of the molecule is COC1=C(OC)C(O)C1=O. The van der Waals surface area contributed by atoms with E-state index < -0.39 is 11.9 Å². The molecule has 0 aliphatic heterocycles. The Labute approximate surface area is 58.1 Å². The van der Waals surface area contributed by atoms with E-state index in [0.29, 0.717) is 0 Å². The third-order valence-corrected chi connectivity index (χ3v) is 1.37. The monoisotopic (exact) mass is 144 g/mol. The number of carbonyl (C=O) groups excluding carboxylic acids is 1. The first-order valence-corrected chi connectivity index (χ1v) is 2.76. The van der Waals surface area contributed by atoms with Crippen LogP contribution in [0.2, 0.25) is 0 Å². The minimum absolute atomic E-state index is 0.120. The number of hydrogen-bond donors (Lipinski definition) is 1. The fraction of sp³-hybridized carbons (Fsp3) is 0.500. The number of hydrogen-bond acceptors (Lipinski definition) is 4. The lowest BCUT2D eigenvalue weighted by molar-refractivity contribution is -0.132. The van der Waals surface area contributed by atoms with Crippen molar-refractivity contribution in [3.63, 3.8) is 0 Å². The Morgan fingerprint density at radius 2 is 2.00 bits per heavy atom. The van der Waals surface area contributed by atoms with Crippen LogP contribution in [-0.4, -0.2) is 31.2 Å². The maximum Gasteiger partial charge on any atom is 0.237 e. The van der Waals surface area contributed by atoms with Crippen LogP contribution < -0.4 is 0 Å². The van der Waals surface area contributed by atoms with E-state index >= 15 is 0 Å². The molecule has 0 bridgehead atoms. The molecule has 0 spiro atoms. The number of methoxy groups -OCH3 is 2. The normalized spacial score (nSPS) is 24.3. The van der Waals surface area contributed by atoms with Gasteiger partial charge >= 0.3 is 0 Å². The van der Waals surface area contributed by atoms with Gasteiger partial charge in [0.25, 0.3) is 0 Å². The van der Waals surface area contributed by atoms with Crippen molar-refractivity contribution in [2.24, 2.45) is 0 Å². The highest BCUT2D eigenvalue weighted by Gasteiger charge is 2.40. The molecule has 0 saturated carbocycles. The Morgan fingerprint density at radius 1 is 1.40 bits per heavy atom. The number of aliphatic hydroxyl groups excluding tert-OH is 1. The maximum atomic E-state index is 10.6. The molecule has 0 fully saturated rings. The lowest BCUT2D eigenvalue weighted by Gasteiger charge is -2.24. The second kappa shape index (κ2) is 2.30. The summed E-state index contributed by atoms with van der Waals surface area (Å²) < 4.78 is 9.27. The van der Waals surface area contributed by atoms with Crippen molar-refractivity contribution in [1.29, 1.82) is 0 Å². The van der Waals surface area contributed by atoms with Crippen molar-refractivity contribution >= 4 is 5.78 Å². The number of carbonyl (C=O) groups is 1. The van der Waals surface area contributed by atoms with Gasteiger partial charge in [0.1, 0.15) is 0 Å². The van der Waals surface area contributed by atoms with Crippen molar-refractivity contribution in [2.75, 3.05) is 14.2 Å². The van der Waals surface area contributed by atoms with Gasteiger partial charge < -0.3 is 14.6 Å². The van der Waals surface area contributed by atoms with Crippen LogP contribution in [0.25, 0.3) is 0 Å². The van der Waals surface area contributed by atoms with E-state index in [2.05, 4.69) is 9.47 Å². The van der Waals surface area contributed by atoms with Crippen molar-refractivity contribution in [1.82, 2.24) is 0 Å². The molecule has 0 amide bonds. The van der Waals surface area contributed by atoms with Gasteiger partial charge in [0.2, 0.25) is 11.5 Å². The van der Waals surface area contributed by atoms with Gasteiger partial charge in [0.15, 0.2) is 11.9 Å². The maximum absolute atomic E-state index is 10.6. The molecule has 56 valence electrons. The molecule has 10 heavy (non-hydrogen) atoms. The number of ether oxygens (including phenoxy) is 2. The van der Waals surface area contributed by atoms with Crippen LogP contribution >= 0.6 is 0 Å². The first kappa shape index (κ1) is 7.08. The predicted molar refractivity (Wildman–Crippen MR) is 32.1 cm³/mol. The topological polar surface area (TPSA) is 55.8 Å². The van der Waals surface area contributed by atoms with E-state index in [9.17, 15) is 4.79 Å². The molecule has 0 radical (unpaired) electrons. The highest BCUT2D eigenvalue weighted by Crippen LogP contribution is 2.24. The molecule has 0 aromatic heterocycles. The van der Waals surface area contributed by atoms with E-state index in [1.807, 2.05) is 0 Å². The van der Waals surface area contributed by atoms with Crippen LogP contribution in [0.4, 0.5) is 0 Å². The molecule has 0 heterocycles. The van der Waals surface area contributed by atoms with Crippen molar-refractivity contribution < 1.29 is 19.4 Å². The van der Waals surface area contributed by atoms with Crippen LogP contribution in [0.15, 0.2) is 11.5 Å². The average molecular weight is 144 g/mol. The van der Waals surface area contributed by atoms with Crippen molar-refractivity contribution in [3.05, 3.63) is 11.5 Å². The number of rotatable bonds is 2. The van der Waals surface area contributed by atoms with Gasteiger partial charge in [-0.05, 0) is 0 Å². The van der Waals surface area contributed by atoms with Gasteiger partial charge in [-0.3, -0.25) is 4.79 Å². The molecule has 1 unspecified atom stereocenters. The van der Waals surface area contributed by atoms with Crippen LogP contribution in [0.1, 0.15) is 0 Å². The lowest BCUT2D eigenvalue weighted by atomic mass is 10.00.